The van der Waals surface area contributed by atoms with Gasteiger partial charge < -0.3 is 10.0 Å². The molecule has 4 heteroatoms. The minimum Gasteiger partial charge on any atom is -0.391 e. The van der Waals surface area contributed by atoms with Crippen molar-refractivity contribution >= 4 is 0 Å². The van der Waals surface area contributed by atoms with Crippen molar-refractivity contribution in [1.82, 2.24) is 9.80 Å². The third kappa shape index (κ3) is 4.35. The average molecular weight is 334 g/mol. The molecular formula is C20H31FN2O. The van der Waals surface area contributed by atoms with Crippen LogP contribution in [0.1, 0.15) is 38.7 Å². The fourth-order valence-electron chi connectivity index (χ4n) is 4.31. The van der Waals surface area contributed by atoms with Crippen LogP contribution < -0.4 is 0 Å². The number of rotatable bonds is 4. The predicted molar refractivity (Wildman–Crippen MR) is 95.5 cm³/mol. The highest BCUT2D eigenvalue weighted by Gasteiger charge is 2.33. The maximum Gasteiger partial charge on any atom is 0.123 e. The Morgan fingerprint density at radius 3 is 2.54 bits per heavy atom. The van der Waals surface area contributed by atoms with Crippen LogP contribution in [0.15, 0.2) is 24.3 Å². The second-order valence-electron chi connectivity index (χ2n) is 7.81. The normalized spacial score (nSPS) is 27.7. The summed E-state index contributed by atoms with van der Waals surface area (Å²) in [7, 11) is 0. The lowest BCUT2D eigenvalue weighted by Crippen LogP contribution is -2.52. The number of piperidine rings is 2. The summed E-state index contributed by atoms with van der Waals surface area (Å²) in [6.07, 6.45) is 3.89. The van der Waals surface area contributed by atoms with Crippen LogP contribution in [0.5, 0.6) is 0 Å². The van der Waals surface area contributed by atoms with Crippen molar-refractivity contribution in [2.75, 3.05) is 26.2 Å². The molecule has 0 aliphatic carbocycles. The quantitative estimate of drug-likeness (QED) is 0.917. The van der Waals surface area contributed by atoms with Gasteiger partial charge in [0.25, 0.3) is 0 Å². The third-order valence-electron chi connectivity index (χ3n) is 5.89. The summed E-state index contributed by atoms with van der Waals surface area (Å²) in [6, 6.07) is 8.05. The van der Waals surface area contributed by atoms with E-state index in [0.29, 0.717) is 12.1 Å². The summed E-state index contributed by atoms with van der Waals surface area (Å²) >= 11 is 0. The van der Waals surface area contributed by atoms with Crippen LogP contribution in [0.3, 0.4) is 0 Å². The Labute approximate surface area is 145 Å². The van der Waals surface area contributed by atoms with E-state index in [9.17, 15) is 9.50 Å². The topological polar surface area (TPSA) is 26.7 Å². The van der Waals surface area contributed by atoms with Gasteiger partial charge in [-0.2, -0.15) is 0 Å². The Hall–Kier alpha value is -0.970. The highest BCUT2D eigenvalue weighted by atomic mass is 19.1. The molecule has 2 fully saturated rings. The van der Waals surface area contributed by atoms with Crippen molar-refractivity contribution in [2.45, 2.75) is 57.7 Å². The molecule has 3 rings (SSSR count). The van der Waals surface area contributed by atoms with Crippen molar-refractivity contribution in [3.05, 3.63) is 35.6 Å². The smallest absolute Gasteiger partial charge is 0.123 e. The molecule has 0 aromatic heterocycles. The summed E-state index contributed by atoms with van der Waals surface area (Å²) < 4.78 is 13.3. The molecule has 0 unspecified atom stereocenters. The second kappa shape index (κ2) is 7.94. The molecule has 1 aromatic rings. The van der Waals surface area contributed by atoms with Gasteiger partial charge in [0.1, 0.15) is 5.82 Å². The summed E-state index contributed by atoms with van der Waals surface area (Å²) in [5.41, 5.74) is 0.998. The molecule has 2 aliphatic heterocycles. The fraction of sp³-hybridized carbons (Fsp3) is 0.700. The van der Waals surface area contributed by atoms with Crippen LogP contribution in [0.2, 0.25) is 0 Å². The van der Waals surface area contributed by atoms with Gasteiger partial charge in [-0.1, -0.05) is 12.1 Å². The molecule has 134 valence electrons. The molecule has 0 amide bonds. The lowest BCUT2D eigenvalue weighted by atomic mass is 9.86. The first-order valence-electron chi connectivity index (χ1n) is 9.43. The van der Waals surface area contributed by atoms with E-state index in [1.165, 1.54) is 32.0 Å². The Kier molecular flexibility index (Phi) is 5.90. The minimum absolute atomic E-state index is 0.184. The number of hydrogen-bond donors (Lipinski definition) is 1. The fourth-order valence-corrected chi connectivity index (χ4v) is 4.31. The molecule has 24 heavy (non-hydrogen) atoms. The molecule has 1 aromatic carbocycles. The zero-order valence-electron chi connectivity index (χ0n) is 15.0. The molecule has 2 atom stereocenters. The zero-order valence-corrected chi connectivity index (χ0v) is 15.0. The predicted octanol–water partition coefficient (Wildman–Crippen LogP) is 2.92. The highest BCUT2D eigenvalue weighted by molar-refractivity contribution is 5.17. The van der Waals surface area contributed by atoms with Gasteiger partial charge in [0.2, 0.25) is 0 Å². The van der Waals surface area contributed by atoms with E-state index in [0.717, 1.165) is 31.5 Å². The monoisotopic (exact) mass is 334 g/mol. The molecule has 2 saturated heterocycles. The van der Waals surface area contributed by atoms with E-state index in [1.807, 2.05) is 6.07 Å². The molecule has 0 saturated carbocycles. The Bertz CT molecular complexity index is 528. The van der Waals surface area contributed by atoms with Gasteiger partial charge in [0.05, 0.1) is 6.10 Å². The average Bonchev–Trinajstić information content (AvgIpc) is 2.57. The number of benzene rings is 1. The third-order valence-corrected chi connectivity index (χ3v) is 5.89. The molecule has 0 radical (unpaired) electrons. The maximum atomic E-state index is 13.3. The van der Waals surface area contributed by atoms with Crippen LogP contribution in [0.4, 0.5) is 4.39 Å². The first-order valence-corrected chi connectivity index (χ1v) is 9.43. The summed E-state index contributed by atoms with van der Waals surface area (Å²) in [5, 5.41) is 10.6. The molecule has 1 N–H and O–H groups in total. The Morgan fingerprint density at radius 1 is 1.17 bits per heavy atom. The van der Waals surface area contributed by atoms with E-state index >= 15 is 0 Å². The number of nitrogens with zero attached hydrogens (tertiary/aromatic N) is 2. The number of halogens is 1. The van der Waals surface area contributed by atoms with E-state index in [-0.39, 0.29) is 17.8 Å². The minimum atomic E-state index is -0.301. The molecule has 0 bridgehead atoms. The van der Waals surface area contributed by atoms with Gasteiger partial charge in [0, 0.05) is 18.6 Å². The molecule has 2 heterocycles. The van der Waals surface area contributed by atoms with Crippen LogP contribution in [0.25, 0.3) is 0 Å². The van der Waals surface area contributed by atoms with Crippen LogP contribution in [-0.2, 0) is 6.42 Å². The first-order chi connectivity index (χ1) is 11.5. The van der Waals surface area contributed by atoms with E-state index in [1.54, 1.807) is 12.1 Å². The van der Waals surface area contributed by atoms with E-state index in [4.69, 9.17) is 0 Å². The second-order valence-corrected chi connectivity index (χ2v) is 7.81. The van der Waals surface area contributed by atoms with Crippen LogP contribution >= 0.6 is 0 Å². The van der Waals surface area contributed by atoms with Gasteiger partial charge in [-0.3, -0.25) is 4.90 Å². The summed E-state index contributed by atoms with van der Waals surface area (Å²) in [4.78, 5) is 5.04. The summed E-state index contributed by atoms with van der Waals surface area (Å²) in [6.45, 7) is 8.70. The van der Waals surface area contributed by atoms with Gasteiger partial charge >= 0.3 is 0 Å². The lowest BCUT2D eigenvalue weighted by molar-refractivity contribution is -0.0117. The largest absolute Gasteiger partial charge is 0.391 e. The van der Waals surface area contributed by atoms with Crippen molar-refractivity contribution in [2.24, 2.45) is 5.92 Å². The van der Waals surface area contributed by atoms with Crippen LogP contribution in [0, 0.1) is 11.7 Å². The van der Waals surface area contributed by atoms with Crippen LogP contribution in [-0.4, -0.2) is 59.3 Å². The lowest BCUT2D eigenvalue weighted by Gasteiger charge is -2.44. The van der Waals surface area contributed by atoms with Gasteiger partial charge in [-0.05, 0) is 82.8 Å². The SMILES string of the molecule is CC(C)N1CCC(N2CC[C@H](Cc3cccc(F)c3)[C@H](O)C2)CC1. The standard InChI is InChI=1S/C20H31FN2O/c1-15(2)22-10-7-19(8-11-22)23-9-6-17(20(24)14-23)12-16-4-3-5-18(21)13-16/h3-5,13,15,17,19-20,24H,6-12,14H2,1-2H3/t17-,20-/m1/s1. The molecule has 2 aliphatic rings. The first kappa shape index (κ1) is 17.8. The molecule has 0 spiro atoms. The summed E-state index contributed by atoms with van der Waals surface area (Å²) in [5.74, 6) is 0.0649. The van der Waals surface area contributed by atoms with Crippen molar-refractivity contribution in [1.29, 1.82) is 0 Å². The zero-order chi connectivity index (χ0) is 17.1. The van der Waals surface area contributed by atoms with Gasteiger partial charge in [-0.15, -0.1) is 0 Å². The maximum absolute atomic E-state index is 13.3. The van der Waals surface area contributed by atoms with E-state index < -0.39 is 0 Å². The van der Waals surface area contributed by atoms with Gasteiger partial charge in [-0.25, -0.2) is 4.39 Å². The van der Waals surface area contributed by atoms with Crippen molar-refractivity contribution < 1.29 is 9.50 Å². The number of aliphatic hydroxyl groups excluding tert-OH is 1. The number of likely N-dealkylation sites (tertiary alicyclic amines) is 2. The van der Waals surface area contributed by atoms with Gasteiger partial charge in [0.15, 0.2) is 0 Å². The Morgan fingerprint density at radius 2 is 1.92 bits per heavy atom. The molecule has 3 nitrogen and oxygen atoms in total. The Balaban J connectivity index is 1.50. The molecular weight excluding hydrogens is 303 g/mol. The number of aliphatic hydroxyl groups is 1. The van der Waals surface area contributed by atoms with Crippen molar-refractivity contribution in [3.8, 4) is 0 Å². The van der Waals surface area contributed by atoms with E-state index in [2.05, 4.69) is 23.6 Å². The highest BCUT2D eigenvalue weighted by Crippen LogP contribution is 2.27. The number of β-amino-alcohol motifs (C(OH)–C–C–N with tert-alkyl or cyclic N) is 1. The van der Waals surface area contributed by atoms with Crippen molar-refractivity contribution in [3.63, 3.8) is 0 Å². The number of hydrogen-bond acceptors (Lipinski definition) is 3.